The lowest BCUT2D eigenvalue weighted by molar-refractivity contribution is -0.149. The van der Waals surface area contributed by atoms with E-state index in [0.29, 0.717) is 59.8 Å². The monoisotopic (exact) mass is 1650 g/mol. The zero-order valence-electron chi connectivity index (χ0n) is 60.6. The number of ether oxygens (including phenoxy) is 4. The third kappa shape index (κ3) is 26.5. The van der Waals surface area contributed by atoms with E-state index in [1.807, 2.05) is 26.0 Å². The smallest absolute Gasteiger partial charge is 0.341 e. The number of pyridine rings is 1. The van der Waals surface area contributed by atoms with Crippen molar-refractivity contribution in [1.29, 1.82) is 0 Å². The number of carboxylic acid groups (broad SMARTS) is 1. The van der Waals surface area contributed by atoms with Crippen LogP contribution >= 0.6 is 12.4 Å². The van der Waals surface area contributed by atoms with E-state index in [4.69, 9.17) is 80.4 Å². The zero-order valence-corrected chi connectivity index (χ0v) is 65.5. The fraction of sp³-hybridized carbons (Fsp3) is 0.362. The Balaban J connectivity index is 0.000000258. The second-order valence-electron chi connectivity index (χ2n) is 24.4. The number of para-hydroxylation sites is 1. The van der Waals surface area contributed by atoms with Gasteiger partial charge >= 0.3 is 42.3 Å². The highest BCUT2D eigenvalue weighted by Gasteiger charge is 2.38. The van der Waals surface area contributed by atoms with Gasteiger partial charge in [0.2, 0.25) is 37.9 Å². The molecule has 13 N–H and O–H groups in total. The van der Waals surface area contributed by atoms with Crippen molar-refractivity contribution in [2.45, 2.75) is 104 Å². The molecule has 0 atom stereocenters. The summed E-state index contributed by atoms with van der Waals surface area (Å²) in [5.74, 6) is -1.77. The molecule has 1 aromatic heterocycles. The van der Waals surface area contributed by atoms with E-state index in [9.17, 15) is 56.8 Å². The van der Waals surface area contributed by atoms with Crippen molar-refractivity contribution in [2.75, 3.05) is 72.4 Å². The number of fused-ring (bicyclic) bond motifs is 1. The van der Waals surface area contributed by atoms with Gasteiger partial charge in [-0.3, -0.25) is 14.6 Å². The lowest BCUT2D eigenvalue weighted by Crippen LogP contribution is -2.41. The summed E-state index contributed by atoms with van der Waals surface area (Å²) in [6.07, 6.45) is 3.84. The summed E-state index contributed by atoms with van der Waals surface area (Å²) in [6.45, 7) is 10.6. The van der Waals surface area contributed by atoms with E-state index in [-0.39, 0.29) is 150 Å². The molecule has 0 spiro atoms. The highest BCUT2D eigenvalue weighted by molar-refractivity contribution is 7.92. The third-order valence-corrected chi connectivity index (χ3v) is 23.6. The number of carbonyl (C=O) groups excluding carboxylic acids is 1. The first-order valence-corrected chi connectivity index (χ1v) is 40.8. The van der Waals surface area contributed by atoms with Gasteiger partial charge in [-0.2, -0.15) is 33.9 Å². The van der Waals surface area contributed by atoms with Crippen molar-refractivity contribution < 1.29 is 103 Å². The number of halogens is 1. The first-order valence-electron chi connectivity index (χ1n) is 33.7. The predicted molar refractivity (Wildman–Crippen MR) is 406 cm³/mol. The van der Waals surface area contributed by atoms with E-state index in [1.54, 1.807) is 57.3 Å². The minimum Gasteiger partial charge on any atom is -0.493 e. The van der Waals surface area contributed by atoms with Gasteiger partial charge in [-0.15, -0.1) is 12.4 Å². The molecule has 110 heavy (non-hydrogen) atoms. The summed E-state index contributed by atoms with van der Waals surface area (Å²) < 4.78 is 173. The molecule has 0 saturated carbocycles. The summed E-state index contributed by atoms with van der Waals surface area (Å²) in [5.41, 5.74) is 34.4. The number of nitrogens with two attached hydrogens (primary N) is 6. The molecule has 7 aromatic rings. The normalized spacial score (nSPS) is 13.7. The number of piperidine rings is 2. The first-order chi connectivity index (χ1) is 51.6. The van der Waals surface area contributed by atoms with Gasteiger partial charge in [0.15, 0.2) is 0 Å². The molecule has 2 saturated heterocycles. The number of aliphatic carboxylic acids is 1. The number of sulfonamides is 2. The molecule has 2 aliphatic rings. The lowest BCUT2D eigenvalue weighted by atomic mass is 9.98. The van der Waals surface area contributed by atoms with Crippen LogP contribution < -0.4 is 61.2 Å². The summed E-state index contributed by atoms with van der Waals surface area (Å²) >= 11 is 0. The van der Waals surface area contributed by atoms with Gasteiger partial charge < -0.3 is 85.5 Å². The Morgan fingerprint density at radius 2 is 0.782 bits per heavy atom. The summed E-state index contributed by atoms with van der Waals surface area (Å²) in [5, 5.41) is 20.1. The number of nitrogens with zero attached hydrogens (tertiary/aromatic N) is 6. The maximum absolute atomic E-state index is 13.5. The zero-order chi connectivity index (χ0) is 79.7. The summed E-state index contributed by atoms with van der Waals surface area (Å²) in [7, 11) is -21.7. The van der Waals surface area contributed by atoms with E-state index in [2.05, 4.69) is 20.5 Å². The number of guanidine groups is 3. The summed E-state index contributed by atoms with van der Waals surface area (Å²) in [4.78, 5) is 40.3. The maximum Gasteiger partial charge on any atom is 0.341 e. The largest absolute Gasteiger partial charge is 0.493 e. The predicted octanol–water partition coefficient (Wildman–Crippen LogP) is 5.94. The highest BCUT2D eigenvalue weighted by Crippen LogP contribution is 2.35. The molecule has 0 unspecified atom stereocenters. The molecule has 0 radical (unpaired) electrons. The Bertz CT molecular complexity index is 5000. The molecule has 35 nitrogen and oxygen atoms in total. The number of rotatable bonds is 34. The van der Waals surface area contributed by atoms with Crippen LogP contribution in [0.25, 0.3) is 10.9 Å². The standard InChI is InChI=1S/C25H34N4O9S2.C23H30N4O9S2.C21H24N4O5S.ClH/c1-3-35-24(30)19-9-11-29(12-10-19)39(31,32)22-7-4-5-8-23(22)40(33,34)38-21-16-18(2)15-20(17-21)36-13-6-14-37-28-25(26)27;1-16-13-18(34-11-4-12-35-26-23(24)25)15-19(14-16)36-38(32,33)21-6-3-2-5-20(21)37(30,31)27-9-7-17(8-10-27)22(28)29;1-14-10-17(28-7-4-8-29-25-21(22)23)12-18(11-14)30-31(26,27)19-6-3-5-16-9-15(2)13-24-20(16)19;/h4-5,7-8,15-17,19H,3,6,9-14H2,1-2H3,(H4,26,27,28);2-3,5-6,13-15,17H,4,7-12H2,1H3,(H,28,29)(H4,24,25,26);3,5-6,9-13H,4,7-8H2,1-2H3,(H4,22,23,25);1H. The highest BCUT2D eigenvalue weighted by atomic mass is 35.5. The molecular weight excluding hydrogens is 1560 g/mol. The molecule has 3 heterocycles. The Labute approximate surface area is 644 Å². The Hall–Kier alpha value is -10.4. The molecule has 9 rings (SSSR count). The molecule has 41 heteroatoms. The van der Waals surface area contributed by atoms with Crippen molar-refractivity contribution in [3.63, 3.8) is 0 Å². The topological polar surface area (TPSA) is 530 Å². The van der Waals surface area contributed by atoms with Crippen molar-refractivity contribution in [3.05, 3.63) is 156 Å². The third-order valence-electron chi connectivity index (χ3n) is 15.6. The number of aryl methyl sites for hydroxylation is 4. The van der Waals surface area contributed by atoms with E-state index < -0.39 is 87.8 Å². The Kier molecular flexibility index (Phi) is 32.9. The van der Waals surface area contributed by atoms with E-state index >= 15 is 0 Å². The van der Waals surface area contributed by atoms with Gasteiger partial charge in [-0.1, -0.05) is 36.4 Å². The van der Waals surface area contributed by atoms with Crippen molar-refractivity contribution >= 4 is 104 Å². The number of carboxylic acids is 1. The lowest BCUT2D eigenvalue weighted by Gasteiger charge is -2.30. The Morgan fingerprint density at radius 1 is 0.445 bits per heavy atom. The fourth-order valence-corrected chi connectivity index (χ4v) is 18.2. The van der Waals surface area contributed by atoms with Gasteiger partial charge in [0, 0.05) is 75.2 Å². The first kappa shape index (κ1) is 88.5. The molecule has 2 fully saturated rings. The van der Waals surface area contributed by atoms with Crippen LogP contribution in [-0.4, -0.2) is 163 Å². The van der Waals surface area contributed by atoms with Crippen LogP contribution in [0.15, 0.2) is 174 Å². The number of hydrogen-bond donors (Lipinski definition) is 7. The average Bonchev–Trinajstić information content (AvgIpc) is 0.776. The second-order valence-corrected chi connectivity index (χ2v) is 32.7. The van der Waals surface area contributed by atoms with Gasteiger partial charge in [0.05, 0.1) is 43.8 Å². The second kappa shape index (κ2) is 40.9. The number of esters is 1. The van der Waals surface area contributed by atoms with Crippen molar-refractivity contribution in [1.82, 2.24) is 13.6 Å². The van der Waals surface area contributed by atoms with Gasteiger partial charge in [0.1, 0.15) is 78.8 Å². The quantitative estimate of drug-likeness (QED) is 0.00613. The molecule has 6 aromatic carbocycles. The maximum atomic E-state index is 13.5. The van der Waals surface area contributed by atoms with E-state index in [1.165, 1.54) is 83.2 Å². The van der Waals surface area contributed by atoms with Crippen LogP contribution in [0.1, 0.15) is 74.1 Å². The van der Waals surface area contributed by atoms with Gasteiger partial charge in [-0.25, -0.2) is 16.8 Å². The molecular formula is C69H89ClN12O23S5. The minimum absolute atomic E-state index is 0. The Morgan fingerprint density at radius 3 is 1.14 bits per heavy atom. The van der Waals surface area contributed by atoms with Crippen LogP contribution in [0.4, 0.5) is 0 Å². The molecule has 0 bridgehead atoms. The number of carbonyl (C=O) groups is 2. The van der Waals surface area contributed by atoms with Crippen molar-refractivity contribution in [2.24, 2.45) is 61.7 Å². The van der Waals surface area contributed by atoms with Gasteiger partial charge in [0.25, 0.3) is 0 Å². The number of oxime groups is 3. The van der Waals surface area contributed by atoms with Crippen LogP contribution in [-0.2, 0) is 79.2 Å². The fourth-order valence-electron chi connectivity index (χ4n) is 10.7. The molecule has 600 valence electrons. The van der Waals surface area contributed by atoms with Crippen LogP contribution in [0.3, 0.4) is 0 Å². The SMILES string of the molecule is CCOC(=O)C1CCN(S(=O)(=O)c2ccccc2S(=O)(=O)Oc2cc(C)cc(OCCCON=C(N)N)c2)CC1.Cc1cc(OCCCON=C(N)N)cc(OS(=O)(=O)c2cccc3cc(C)cnc23)c1.Cc1cc(OCCCON=C(N)N)cc(OS(=O)(=O)c2ccccc2S(=O)(=O)N2CCC(C(=O)O)CC2)c1.Cl. The number of aromatic nitrogens is 1. The van der Waals surface area contributed by atoms with Crippen LogP contribution in [0, 0.1) is 39.5 Å². The van der Waals surface area contributed by atoms with E-state index in [0.717, 1.165) is 26.9 Å². The van der Waals surface area contributed by atoms with Crippen LogP contribution in [0.2, 0.25) is 0 Å². The van der Waals surface area contributed by atoms with Crippen LogP contribution in [0.5, 0.6) is 34.5 Å². The van der Waals surface area contributed by atoms with Gasteiger partial charge in [-0.05, 0) is 171 Å². The molecule has 0 aliphatic carbocycles. The summed E-state index contributed by atoms with van der Waals surface area (Å²) in [6, 6.07) is 31.2. The molecule has 2 aliphatic heterocycles. The molecule has 0 amide bonds. The number of benzene rings is 6. The van der Waals surface area contributed by atoms with Crippen molar-refractivity contribution in [3.8, 4) is 34.5 Å². The average molecular weight is 1650 g/mol. The minimum atomic E-state index is -4.58. The number of hydrogen-bond acceptors (Lipinski definition) is 26.